The summed E-state index contributed by atoms with van der Waals surface area (Å²) >= 11 is 1.58. The summed E-state index contributed by atoms with van der Waals surface area (Å²) < 4.78 is 5.78. The molecule has 9 heteroatoms. The summed E-state index contributed by atoms with van der Waals surface area (Å²) in [6.45, 7) is 7.93. The third kappa shape index (κ3) is 6.01. The molecular formula is C15H24ClN3O4S. The number of aliphatic carboxylic acids is 1. The molecule has 0 spiro atoms. The zero-order chi connectivity index (χ0) is 17.0. The van der Waals surface area contributed by atoms with Crippen molar-refractivity contribution in [2.45, 2.75) is 32.3 Å². The van der Waals surface area contributed by atoms with Crippen LogP contribution in [0.4, 0.5) is 0 Å². The number of nitrogens with zero attached hydrogens (tertiary/aromatic N) is 2. The van der Waals surface area contributed by atoms with Crippen LogP contribution in [0.25, 0.3) is 0 Å². The summed E-state index contributed by atoms with van der Waals surface area (Å²) in [6.07, 6.45) is -0.142. The summed E-state index contributed by atoms with van der Waals surface area (Å²) in [5.41, 5.74) is 1.04. The number of ether oxygens (including phenoxy) is 1. The molecular weight excluding hydrogens is 354 g/mol. The molecule has 2 rings (SSSR count). The largest absolute Gasteiger partial charge is 0.480 e. The van der Waals surface area contributed by atoms with Gasteiger partial charge in [-0.2, -0.15) is 0 Å². The summed E-state index contributed by atoms with van der Waals surface area (Å²) in [5, 5.41) is 13.9. The highest BCUT2D eigenvalue weighted by atomic mass is 35.5. The molecule has 7 nitrogen and oxygen atoms in total. The van der Waals surface area contributed by atoms with Crippen LogP contribution in [0.2, 0.25) is 0 Å². The van der Waals surface area contributed by atoms with Gasteiger partial charge in [0.2, 0.25) is 5.91 Å². The molecule has 1 aromatic rings. The molecule has 0 saturated carbocycles. The van der Waals surface area contributed by atoms with E-state index in [0.29, 0.717) is 19.7 Å². The fourth-order valence-corrected chi connectivity index (χ4v) is 3.29. The highest BCUT2D eigenvalue weighted by Gasteiger charge is 2.27. The van der Waals surface area contributed by atoms with Crippen molar-refractivity contribution in [2.24, 2.45) is 0 Å². The van der Waals surface area contributed by atoms with Gasteiger partial charge < -0.3 is 15.2 Å². The Kier molecular flexibility index (Phi) is 7.59. The lowest BCUT2D eigenvalue weighted by Gasteiger charge is -2.31. The Labute approximate surface area is 151 Å². The Bertz CT molecular complexity index is 573. The lowest BCUT2D eigenvalue weighted by molar-refractivity contribution is -0.138. The number of aromatic nitrogens is 1. The highest BCUT2D eigenvalue weighted by molar-refractivity contribution is 7.09. The van der Waals surface area contributed by atoms with Crippen LogP contribution in [0.1, 0.15) is 37.6 Å². The molecule has 2 heterocycles. The van der Waals surface area contributed by atoms with Crippen LogP contribution in [-0.4, -0.2) is 59.7 Å². The van der Waals surface area contributed by atoms with Crippen molar-refractivity contribution in [1.82, 2.24) is 15.2 Å². The van der Waals surface area contributed by atoms with Gasteiger partial charge in [0.05, 0.1) is 18.8 Å². The third-order valence-electron chi connectivity index (χ3n) is 3.52. The number of nitrogens with one attached hydrogen (secondary N) is 1. The normalized spacial score (nSPS) is 18.7. The topological polar surface area (TPSA) is 91.8 Å². The van der Waals surface area contributed by atoms with Gasteiger partial charge in [0.15, 0.2) is 0 Å². The molecule has 0 aliphatic carbocycles. The summed E-state index contributed by atoms with van der Waals surface area (Å²) in [5.74, 6) is -1.33. The molecule has 1 aromatic heterocycles. The number of amides is 1. The molecule has 136 valence electrons. The van der Waals surface area contributed by atoms with E-state index in [1.54, 1.807) is 11.3 Å². The number of halogens is 1. The van der Waals surface area contributed by atoms with Crippen molar-refractivity contribution in [3.63, 3.8) is 0 Å². The number of hydrogen-bond donors (Lipinski definition) is 2. The molecule has 1 unspecified atom stereocenters. The molecule has 0 aromatic carbocycles. The molecule has 1 aliphatic heterocycles. The van der Waals surface area contributed by atoms with E-state index in [9.17, 15) is 9.59 Å². The maximum atomic E-state index is 11.7. The number of carboxylic acid groups (broad SMARTS) is 1. The Hall–Kier alpha value is -1.22. The molecule has 1 fully saturated rings. The number of thiazole rings is 1. The fourth-order valence-electron chi connectivity index (χ4n) is 2.21. The van der Waals surface area contributed by atoms with Crippen LogP contribution >= 0.6 is 23.7 Å². The second kappa shape index (κ2) is 8.75. The smallest absolute Gasteiger partial charge is 0.322 e. The van der Waals surface area contributed by atoms with Gasteiger partial charge in [0.25, 0.3) is 0 Å². The highest BCUT2D eigenvalue weighted by Crippen LogP contribution is 2.29. The second-order valence-electron chi connectivity index (χ2n) is 6.59. The van der Waals surface area contributed by atoms with E-state index in [0.717, 1.165) is 10.7 Å². The molecule has 2 N–H and O–H groups in total. The van der Waals surface area contributed by atoms with Gasteiger partial charge >= 0.3 is 5.97 Å². The van der Waals surface area contributed by atoms with Crippen LogP contribution in [0.5, 0.6) is 0 Å². The first-order valence-corrected chi connectivity index (χ1v) is 8.42. The molecule has 24 heavy (non-hydrogen) atoms. The van der Waals surface area contributed by atoms with Gasteiger partial charge in [0, 0.05) is 23.9 Å². The number of rotatable bonds is 5. The van der Waals surface area contributed by atoms with Crippen molar-refractivity contribution in [1.29, 1.82) is 0 Å². The van der Waals surface area contributed by atoms with E-state index >= 15 is 0 Å². The molecule has 0 radical (unpaired) electrons. The zero-order valence-corrected chi connectivity index (χ0v) is 15.7. The number of carboxylic acids is 1. The number of morpholine rings is 1. The molecule has 0 bridgehead atoms. The number of carbonyl (C=O) groups excluding carboxylic acids is 1. The summed E-state index contributed by atoms with van der Waals surface area (Å²) in [6, 6.07) is 0. The van der Waals surface area contributed by atoms with Gasteiger partial charge in [-0.1, -0.05) is 20.8 Å². The number of carbonyl (C=O) groups is 2. The van der Waals surface area contributed by atoms with E-state index < -0.39 is 5.97 Å². The van der Waals surface area contributed by atoms with Crippen molar-refractivity contribution >= 4 is 35.6 Å². The van der Waals surface area contributed by atoms with E-state index in [-0.39, 0.29) is 42.9 Å². The first kappa shape index (κ1) is 20.8. The van der Waals surface area contributed by atoms with Crippen molar-refractivity contribution in [3.8, 4) is 0 Å². The predicted octanol–water partition coefficient (Wildman–Crippen LogP) is 1.44. The monoisotopic (exact) mass is 377 g/mol. The van der Waals surface area contributed by atoms with Crippen molar-refractivity contribution < 1.29 is 19.4 Å². The third-order valence-corrected chi connectivity index (χ3v) is 4.46. The molecule has 1 aliphatic rings. The minimum atomic E-state index is -1.05. The van der Waals surface area contributed by atoms with Crippen LogP contribution in [0.15, 0.2) is 5.38 Å². The maximum absolute atomic E-state index is 11.7. The van der Waals surface area contributed by atoms with Crippen LogP contribution in [0.3, 0.4) is 0 Å². The Balaban J connectivity index is 0.00000288. The average Bonchev–Trinajstić information content (AvgIpc) is 2.95. The minimum Gasteiger partial charge on any atom is -0.480 e. The quantitative estimate of drug-likeness (QED) is 0.806. The van der Waals surface area contributed by atoms with Crippen molar-refractivity contribution in [2.75, 3.05) is 32.8 Å². The van der Waals surface area contributed by atoms with Crippen LogP contribution < -0.4 is 5.32 Å². The number of hydrogen-bond acceptors (Lipinski definition) is 6. The SMILES string of the molecule is CC(C)(C)c1csc(C2CN(CC(=O)NCC(=O)O)CCO2)n1.Cl. The molecule has 1 amide bonds. The lowest BCUT2D eigenvalue weighted by atomic mass is 9.93. The fraction of sp³-hybridized carbons (Fsp3) is 0.667. The van der Waals surface area contributed by atoms with Gasteiger partial charge in [-0.25, -0.2) is 4.98 Å². The van der Waals surface area contributed by atoms with E-state index in [2.05, 4.69) is 36.5 Å². The van der Waals surface area contributed by atoms with Gasteiger partial charge in [-0.15, -0.1) is 23.7 Å². The lowest BCUT2D eigenvalue weighted by Crippen LogP contribution is -2.45. The minimum absolute atomic E-state index is 0. The van der Waals surface area contributed by atoms with Gasteiger partial charge in [-0.05, 0) is 0 Å². The van der Waals surface area contributed by atoms with Crippen LogP contribution in [0, 0.1) is 0 Å². The van der Waals surface area contributed by atoms with E-state index in [4.69, 9.17) is 9.84 Å². The average molecular weight is 378 g/mol. The maximum Gasteiger partial charge on any atom is 0.322 e. The molecule has 1 atom stereocenters. The summed E-state index contributed by atoms with van der Waals surface area (Å²) in [4.78, 5) is 28.8. The second-order valence-corrected chi connectivity index (χ2v) is 7.48. The van der Waals surface area contributed by atoms with Gasteiger partial charge in [-0.3, -0.25) is 14.5 Å². The Morgan fingerprint density at radius 1 is 1.50 bits per heavy atom. The molecule has 1 saturated heterocycles. The standard InChI is InChI=1S/C15H23N3O4S.ClH/c1-15(2,3)11-9-23-14(17-11)10-7-18(4-5-22-10)8-12(19)16-6-13(20)21;/h9-10H,4-8H2,1-3H3,(H,16,19)(H,20,21);1H. The summed E-state index contributed by atoms with van der Waals surface area (Å²) in [7, 11) is 0. The van der Waals surface area contributed by atoms with E-state index in [1.807, 2.05) is 4.90 Å². The first-order chi connectivity index (χ1) is 10.8. The predicted molar refractivity (Wildman–Crippen MR) is 93.8 cm³/mol. The Morgan fingerprint density at radius 3 is 2.79 bits per heavy atom. The van der Waals surface area contributed by atoms with E-state index in [1.165, 1.54) is 0 Å². The van der Waals surface area contributed by atoms with Crippen LogP contribution in [-0.2, 0) is 19.7 Å². The Morgan fingerprint density at radius 2 is 2.21 bits per heavy atom. The first-order valence-electron chi connectivity index (χ1n) is 7.54. The zero-order valence-electron chi connectivity index (χ0n) is 14.1. The van der Waals surface area contributed by atoms with Crippen molar-refractivity contribution in [3.05, 3.63) is 16.1 Å². The van der Waals surface area contributed by atoms with Gasteiger partial charge in [0.1, 0.15) is 17.7 Å².